The van der Waals surface area contributed by atoms with Crippen LogP contribution in [0.25, 0.3) is 0 Å². The third-order valence-corrected chi connectivity index (χ3v) is 3.29. The summed E-state index contributed by atoms with van der Waals surface area (Å²) in [6.07, 6.45) is 0. The van der Waals surface area contributed by atoms with E-state index in [4.69, 9.17) is 0 Å². The highest BCUT2D eigenvalue weighted by atomic mass is 16.2. The second-order valence-electron chi connectivity index (χ2n) is 5.58. The third-order valence-electron chi connectivity index (χ3n) is 3.29. The molecule has 0 bridgehead atoms. The van der Waals surface area contributed by atoms with E-state index >= 15 is 0 Å². The Hall–Kier alpha value is -2.82. The van der Waals surface area contributed by atoms with Crippen LogP contribution in [-0.2, 0) is 4.79 Å². The van der Waals surface area contributed by atoms with E-state index in [1.807, 2.05) is 24.3 Å². The number of carbonyl (C=O) groups excluding carboxylic acids is 2. The first-order valence-corrected chi connectivity index (χ1v) is 7.50. The Morgan fingerprint density at radius 1 is 0.826 bits per heavy atom. The normalized spacial score (nSPS) is 10.3. The second-order valence-corrected chi connectivity index (χ2v) is 5.58. The molecular weight excluding hydrogens is 290 g/mol. The summed E-state index contributed by atoms with van der Waals surface area (Å²) >= 11 is 0. The number of amides is 3. The molecule has 2 aromatic carbocycles. The van der Waals surface area contributed by atoms with Crippen LogP contribution in [0.4, 0.5) is 21.9 Å². The van der Waals surface area contributed by atoms with Crippen LogP contribution >= 0.6 is 0 Å². The van der Waals surface area contributed by atoms with Crippen LogP contribution in [-0.4, -0.2) is 11.9 Å². The highest BCUT2D eigenvalue weighted by molar-refractivity contribution is 6.00. The summed E-state index contributed by atoms with van der Waals surface area (Å²) < 4.78 is 0. The van der Waals surface area contributed by atoms with Crippen molar-refractivity contribution in [3.63, 3.8) is 0 Å². The molecule has 3 N–H and O–H groups in total. The summed E-state index contributed by atoms with van der Waals surface area (Å²) in [6.45, 7) is 5.62. The fraction of sp³-hybridized carbons (Fsp3) is 0.222. The van der Waals surface area contributed by atoms with E-state index in [9.17, 15) is 9.59 Å². The minimum atomic E-state index is -0.301. The summed E-state index contributed by atoms with van der Waals surface area (Å²) in [5.41, 5.74) is 3.23. The molecular formula is C18H21N3O2. The lowest BCUT2D eigenvalue weighted by atomic mass is 10.0. The van der Waals surface area contributed by atoms with Gasteiger partial charge in [0.05, 0.1) is 0 Å². The molecule has 0 radical (unpaired) electrons. The Kier molecular flexibility index (Phi) is 5.36. The molecule has 0 fully saturated rings. The molecule has 0 heterocycles. The Labute approximate surface area is 136 Å². The molecule has 0 aromatic heterocycles. The summed E-state index contributed by atoms with van der Waals surface area (Å²) in [7, 11) is 0. The molecule has 0 saturated heterocycles. The van der Waals surface area contributed by atoms with Gasteiger partial charge < -0.3 is 16.0 Å². The highest BCUT2D eigenvalue weighted by Gasteiger charge is 2.09. The van der Waals surface area contributed by atoms with Crippen LogP contribution in [0.2, 0.25) is 0 Å². The first-order chi connectivity index (χ1) is 11.0. The molecule has 0 aliphatic carbocycles. The standard InChI is InChI=1S/C18H21N3O2/c1-12(2)16-6-4-5-7-17(16)21-18(23)20-15-10-8-14(9-11-15)19-13(3)22/h4-12H,1-3H3,(H,19,22)(H2,20,21,23). The number of para-hydroxylation sites is 1. The van der Waals surface area contributed by atoms with E-state index in [-0.39, 0.29) is 11.9 Å². The van der Waals surface area contributed by atoms with Gasteiger partial charge in [-0.1, -0.05) is 32.0 Å². The van der Waals surface area contributed by atoms with Crippen LogP contribution in [0.3, 0.4) is 0 Å². The van der Waals surface area contributed by atoms with Gasteiger partial charge in [-0.25, -0.2) is 4.79 Å². The van der Waals surface area contributed by atoms with Gasteiger partial charge in [-0.15, -0.1) is 0 Å². The molecule has 0 saturated carbocycles. The minimum Gasteiger partial charge on any atom is -0.326 e. The van der Waals surface area contributed by atoms with Gasteiger partial charge in [0.1, 0.15) is 0 Å². The molecule has 23 heavy (non-hydrogen) atoms. The average molecular weight is 311 g/mol. The monoisotopic (exact) mass is 311 g/mol. The molecule has 0 atom stereocenters. The lowest BCUT2D eigenvalue weighted by Crippen LogP contribution is -2.20. The Balaban J connectivity index is 2.01. The lowest BCUT2D eigenvalue weighted by Gasteiger charge is -2.14. The van der Waals surface area contributed by atoms with Crippen molar-refractivity contribution in [2.75, 3.05) is 16.0 Å². The van der Waals surface area contributed by atoms with Crippen LogP contribution in [0.1, 0.15) is 32.3 Å². The predicted molar refractivity (Wildman–Crippen MR) is 93.9 cm³/mol. The number of benzene rings is 2. The van der Waals surface area contributed by atoms with E-state index < -0.39 is 0 Å². The van der Waals surface area contributed by atoms with E-state index in [1.54, 1.807) is 24.3 Å². The zero-order chi connectivity index (χ0) is 16.8. The number of nitrogens with one attached hydrogen (secondary N) is 3. The molecule has 5 heteroatoms. The smallest absolute Gasteiger partial charge is 0.323 e. The van der Waals surface area contributed by atoms with Crippen molar-refractivity contribution in [2.45, 2.75) is 26.7 Å². The molecule has 0 unspecified atom stereocenters. The van der Waals surface area contributed by atoms with Crippen molar-refractivity contribution in [1.82, 2.24) is 0 Å². The van der Waals surface area contributed by atoms with Gasteiger partial charge in [-0.05, 0) is 41.8 Å². The Morgan fingerprint density at radius 2 is 1.39 bits per heavy atom. The SMILES string of the molecule is CC(=O)Nc1ccc(NC(=O)Nc2ccccc2C(C)C)cc1. The van der Waals surface area contributed by atoms with Crippen molar-refractivity contribution in [3.05, 3.63) is 54.1 Å². The van der Waals surface area contributed by atoms with Gasteiger partial charge in [0.15, 0.2) is 0 Å². The number of urea groups is 1. The fourth-order valence-corrected chi connectivity index (χ4v) is 2.24. The maximum atomic E-state index is 12.1. The van der Waals surface area contributed by atoms with Crippen LogP contribution in [0.15, 0.2) is 48.5 Å². The number of hydrogen-bond donors (Lipinski definition) is 3. The average Bonchev–Trinajstić information content (AvgIpc) is 2.49. The van der Waals surface area contributed by atoms with E-state index in [2.05, 4.69) is 29.8 Å². The second kappa shape index (κ2) is 7.45. The molecule has 3 amide bonds. The number of carbonyl (C=O) groups is 2. The summed E-state index contributed by atoms with van der Waals surface area (Å²) in [5.74, 6) is 0.192. The fourth-order valence-electron chi connectivity index (χ4n) is 2.24. The van der Waals surface area contributed by atoms with Crippen LogP contribution in [0.5, 0.6) is 0 Å². The van der Waals surface area contributed by atoms with E-state index in [0.717, 1.165) is 11.3 Å². The zero-order valence-electron chi connectivity index (χ0n) is 13.5. The third kappa shape index (κ3) is 4.85. The lowest BCUT2D eigenvalue weighted by molar-refractivity contribution is -0.114. The number of anilines is 3. The predicted octanol–water partition coefficient (Wildman–Crippen LogP) is 4.41. The number of rotatable bonds is 4. The molecule has 2 aromatic rings. The summed E-state index contributed by atoms with van der Waals surface area (Å²) in [6, 6.07) is 14.4. The van der Waals surface area contributed by atoms with Gasteiger partial charge in [0.25, 0.3) is 0 Å². The molecule has 0 aliphatic rings. The topological polar surface area (TPSA) is 70.2 Å². The van der Waals surface area contributed by atoms with Crippen molar-refractivity contribution in [3.8, 4) is 0 Å². The van der Waals surface area contributed by atoms with E-state index in [1.165, 1.54) is 6.92 Å². The van der Waals surface area contributed by atoms with Crippen molar-refractivity contribution in [1.29, 1.82) is 0 Å². The van der Waals surface area contributed by atoms with Gasteiger partial charge in [0.2, 0.25) is 5.91 Å². The maximum absolute atomic E-state index is 12.1. The largest absolute Gasteiger partial charge is 0.326 e. The van der Waals surface area contributed by atoms with Crippen LogP contribution < -0.4 is 16.0 Å². The highest BCUT2D eigenvalue weighted by Crippen LogP contribution is 2.24. The van der Waals surface area contributed by atoms with Gasteiger partial charge >= 0.3 is 6.03 Å². The molecule has 120 valence electrons. The van der Waals surface area contributed by atoms with Gasteiger partial charge in [0, 0.05) is 24.0 Å². The Morgan fingerprint density at radius 3 is 1.96 bits per heavy atom. The Bertz CT molecular complexity index is 694. The molecule has 0 aliphatic heterocycles. The van der Waals surface area contributed by atoms with Gasteiger partial charge in [-0.2, -0.15) is 0 Å². The number of hydrogen-bond acceptors (Lipinski definition) is 2. The van der Waals surface area contributed by atoms with Gasteiger partial charge in [-0.3, -0.25) is 4.79 Å². The summed E-state index contributed by atoms with van der Waals surface area (Å²) in [4.78, 5) is 23.1. The summed E-state index contributed by atoms with van der Waals surface area (Å²) in [5, 5.41) is 8.32. The molecule has 0 spiro atoms. The van der Waals surface area contributed by atoms with Crippen LogP contribution in [0, 0.1) is 0 Å². The van der Waals surface area contributed by atoms with E-state index in [0.29, 0.717) is 17.3 Å². The quantitative estimate of drug-likeness (QED) is 0.782. The minimum absolute atomic E-state index is 0.131. The van der Waals surface area contributed by atoms with Crippen molar-refractivity contribution in [2.24, 2.45) is 0 Å². The first-order valence-electron chi connectivity index (χ1n) is 7.50. The molecule has 5 nitrogen and oxygen atoms in total. The first kappa shape index (κ1) is 16.5. The van der Waals surface area contributed by atoms with Crippen molar-refractivity contribution >= 4 is 29.0 Å². The van der Waals surface area contributed by atoms with Crippen molar-refractivity contribution < 1.29 is 9.59 Å². The zero-order valence-corrected chi connectivity index (χ0v) is 13.5. The molecule has 2 rings (SSSR count). The maximum Gasteiger partial charge on any atom is 0.323 e.